The molecular formula is C19H16FN3O. The minimum Gasteiger partial charge on any atom is -0.346 e. The third-order valence-corrected chi connectivity index (χ3v) is 4.36. The van der Waals surface area contributed by atoms with Gasteiger partial charge in [-0.2, -0.15) is 5.10 Å². The van der Waals surface area contributed by atoms with E-state index in [1.165, 1.54) is 6.08 Å². The van der Waals surface area contributed by atoms with Gasteiger partial charge in [-0.1, -0.05) is 36.4 Å². The molecule has 5 heteroatoms. The molecule has 0 radical (unpaired) electrons. The van der Waals surface area contributed by atoms with Gasteiger partial charge in [0.2, 0.25) is 5.91 Å². The number of nitrogens with zero attached hydrogens (tertiary/aromatic N) is 1. The summed E-state index contributed by atoms with van der Waals surface area (Å²) in [7, 11) is 0. The van der Waals surface area contributed by atoms with Gasteiger partial charge in [0.15, 0.2) is 0 Å². The van der Waals surface area contributed by atoms with Crippen LogP contribution in [0.3, 0.4) is 0 Å². The molecular weight excluding hydrogens is 305 g/mol. The number of fused-ring (bicyclic) bond motifs is 2. The zero-order valence-electron chi connectivity index (χ0n) is 12.9. The van der Waals surface area contributed by atoms with Crippen molar-refractivity contribution in [3.8, 4) is 0 Å². The topological polar surface area (TPSA) is 57.8 Å². The lowest BCUT2D eigenvalue weighted by Crippen LogP contribution is -2.25. The van der Waals surface area contributed by atoms with Crippen LogP contribution in [0.15, 0.2) is 54.7 Å². The van der Waals surface area contributed by atoms with Crippen LogP contribution in [0.25, 0.3) is 17.0 Å². The molecule has 3 aromatic rings. The number of carbonyl (C=O) groups excluding carboxylic acids is 1. The maximum atomic E-state index is 14.0. The molecule has 24 heavy (non-hydrogen) atoms. The lowest BCUT2D eigenvalue weighted by molar-refractivity contribution is -0.117. The van der Waals surface area contributed by atoms with Crippen LogP contribution in [-0.2, 0) is 4.79 Å². The van der Waals surface area contributed by atoms with Crippen molar-refractivity contribution in [2.75, 3.05) is 0 Å². The average molecular weight is 321 g/mol. The highest BCUT2D eigenvalue weighted by atomic mass is 19.1. The van der Waals surface area contributed by atoms with Crippen molar-refractivity contribution in [2.45, 2.75) is 18.6 Å². The fourth-order valence-electron chi connectivity index (χ4n) is 3.16. The van der Waals surface area contributed by atoms with Gasteiger partial charge in [0, 0.05) is 17.9 Å². The third-order valence-electron chi connectivity index (χ3n) is 4.36. The highest BCUT2D eigenvalue weighted by molar-refractivity contribution is 5.92. The Kier molecular flexibility index (Phi) is 3.61. The molecule has 0 aliphatic heterocycles. The summed E-state index contributed by atoms with van der Waals surface area (Å²) >= 11 is 0. The SMILES string of the molecule is O=C(/C=C/c1ccc2cn[nH]c2c1)N[C@@H]1C[C@H](F)c2ccccc21. The Morgan fingerprint density at radius 1 is 1.25 bits per heavy atom. The number of nitrogens with one attached hydrogen (secondary N) is 2. The summed E-state index contributed by atoms with van der Waals surface area (Å²) in [5.74, 6) is -0.228. The quantitative estimate of drug-likeness (QED) is 0.720. The molecule has 2 atom stereocenters. The Balaban J connectivity index is 1.47. The van der Waals surface area contributed by atoms with E-state index in [4.69, 9.17) is 0 Å². The molecule has 1 heterocycles. The van der Waals surface area contributed by atoms with E-state index in [2.05, 4.69) is 15.5 Å². The molecule has 1 aromatic heterocycles. The number of halogens is 1. The van der Waals surface area contributed by atoms with Gasteiger partial charge in [-0.3, -0.25) is 9.89 Å². The molecule has 4 nitrogen and oxygen atoms in total. The van der Waals surface area contributed by atoms with E-state index in [0.29, 0.717) is 12.0 Å². The summed E-state index contributed by atoms with van der Waals surface area (Å²) in [6.45, 7) is 0. The Morgan fingerprint density at radius 3 is 2.96 bits per heavy atom. The summed E-state index contributed by atoms with van der Waals surface area (Å²) in [6.07, 6.45) is 4.24. The Hall–Kier alpha value is -2.95. The van der Waals surface area contributed by atoms with Crippen LogP contribution in [-0.4, -0.2) is 16.1 Å². The lowest BCUT2D eigenvalue weighted by atomic mass is 10.1. The van der Waals surface area contributed by atoms with Crippen LogP contribution in [0.2, 0.25) is 0 Å². The average Bonchev–Trinajstić information content (AvgIpc) is 3.18. The molecule has 0 unspecified atom stereocenters. The van der Waals surface area contributed by atoms with E-state index in [0.717, 1.165) is 22.0 Å². The highest BCUT2D eigenvalue weighted by Gasteiger charge is 2.30. The zero-order valence-corrected chi connectivity index (χ0v) is 12.9. The van der Waals surface area contributed by atoms with Crippen LogP contribution in [0.1, 0.15) is 35.3 Å². The predicted octanol–water partition coefficient (Wildman–Crippen LogP) is 3.85. The molecule has 4 rings (SSSR count). The second-order valence-electron chi connectivity index (χ2n) is 5.94. The number of rotatable bonds is 3. The summed E-state index contributed by atoms with van der Waals surface area (Å²) < 4.78 is 14.0. The first-order chi connectivity index (χ1) is 11.7. The van der Waals surface area contributed by atoms with Crippen LogP contribution >= 0.6 is 0 Å². The number of hydrogen-bond donors (Lipinski definition) is 2. The fourth-order valence-corrected chi connectivity index (χ4v) is 3.16. The van der Waals surface area contributed by atoms with Crippen molar-refractivity contribution in [2.24, 2.45) is 0 Å². The smallest absolute Gasteiger partial charge is 0.244 e. The summed E-state index contributed by atoms with van der Waals surface area (Å²) in [5, 5.41) is 10.8. The number of H-pyrrole nitrogens is 1. The van der Waals surface area contributed by atoms with Gasteiger partial charge in [-0.25, -0.2) is 4.39 Å². The molecule has 0 spiro atoms. The van der Waals surface area contributed by atoms with Gasteiger partial charge < -0.3 is 5.32 Å². The number of hydrogen-bond acceptors (Lipinski definition) is 2. The van der Waals surface area contributed by atoms with E-state index in [9.17, 15) is 9.18 Å². The van der Waals surface area contributed by atoms with E-state index < -0.39 is 6.17 Å². The van der Waals surface area contributed by atoms with Gasteiger partial charge >= 0.3 is 0 Å². The summed E-state index contributed by atoms with van der Waals surface area (Å²) in [5.41, 5.74) is 3.36. The van der Waals surface area contributed by atoms with Gasteiger partial charge in [-0.15, -0.1) is 0 Å². The van der Waals surface area contributed by atoms with Gasteiger partial charge in [0.25, 0.3) is 0 Å². The molecule has 2 N–H and O–H groups in total. The summed E-state index contributed by atoms with van der Waals surface area (Å²) in [6, 6.07) is 12.9. The normalized spacial score (nSPS) is 19.7. The van der Waals surface area contributed by atoms with Gasteiger partial charge in [0.05, 0.1) is 17.8 Å². The third kappa shape index (κ3) is 2.69. The highest BCUT2D eigenvalue weighted by Crippen LogP contribution is 2.40. The van der Waals surface area contributed by atoms with Gasteiger partial charge in [0.1, 0.15) is 6.17 Å². The maximum Gasteiger partial charge on any atom is 0.244 e. The van der Waals surface area contributed by atoms with Crippen molar-refractivity contribution in [3.05, 3.63) is 71.4 Å². The second-order valence-corrected chi connectivity index (χ2v) is 5.94. The van der Waals surface area contributed by atoms with E-state index in [1.807, 2.05) is 36.4 Å². The van der Waals surface area contributed by atoms with Crippen molar-refractivity contribution in [1.82, 2.24) is 15.5 Å². The minimum absolute atomic E-state index is 0.228. The first-order valence-electron chi connectivity index (χ1n) is 7.85. The number of carbonyl (C=O) groups is 1. The number of aromatic amines is 1. The Bertz CT molecular complexity index is 931. The zero-order chi connectivity index (χ0) is 16.5. The molecule has 1 amide bonds. The van der Waals surface area contributed by atoms with Crippen LogP contribution in [0.5, 0.6) is 0 Å². The Labute approximate surface area is 138 Å². The van der Waals surface area contributed by atoms with Crippen molar-refractivity contribution in [3.63, 3.8) is 0 Å². The molecule has 2 aromatic carbocycles. The second kappa shape index (κ2) is 5.92. The van der Waals surface area contributed by atoms with Crippen LogP contribution in [0, 0.1) is 0 Å². The van der Waals surface area contributed by atoms with E-state index in [1.54, 1.807) is 18.3 Å². The van der Waals surface area contributed by atoms with E-state index in [-0.39, 0.29) is 11.9 Å². The number of benzene rings is 2. The molecule has 0 saturated heterocycles. The number of aromatic nitrogens is 2. The predicted molar refractivity (Wildman–Crippen MR) is 90.9 cm³/mol. The minimum atomic E-state index is -1.02. The van der Waals surface area contributed by atoms with Gasteiger partial charge in [-0.05, 0) is 28.8 Å². The molecule has 0 bridgehead atoms. The fraction of sp³-hybridized carbons (Fsp3) is 0.158. The van der Waals surface area contributed by atoms with E-state index >= 15 is 0 Å². The Morgan fingerprint density at radius 2 is 2.08 bits per heavy atom. The van der Waals surface area contributed by atoms with Crippen LogP contribution in [0.4, 0.5) is 4.39 Å². The summed E-state index contributed by atoms with van der Waals surface area (Å²) in [4.78, 5) is 12.2. The van der Waals surface area contributed by atoms with Crippen molar-refractivity contribution in [1.29, 1.82) is 0 Å². The largest absolute Gasteiger partial charge is 0.346 e. The molecule has 0 saturated carbocycles. The van der Waals surface area contributed by atoms with Crippen LogP contribution < -0.4 is 5.32 Å². The lowest BCUT2D eigenvalue weighted by Gasteiger charge is -2.12. The molecule has 0 fully saturated rings. The standard InChI is InChI=1S/C19H16FN3O/c20-16-10-18(15-4-2-1-3-14(15)16)22-19(24)8-6-12-5-7-13-11-21-23-17(13)9-12/h1-9,11,16,18H,10H2,(H,21,23)(H,22,24)/b8-6+/t16-,18+/m0/s1. The molecule has 1 aliphatic rings. The first kappa shape index (κ1) is 14.6. The number of alkyl halides is 1. The maximum absolute atomic E-state index is 14.0. The van der Waals surface area contributed by atoms with Crippen molar-refractivity contribution < 1.29 is 9.18 Å². The molecule has 120 valence electrons. The monoisotopic (exact) mass is 321 g/mol. The van der Waals surface area contributed by atoms with Crippen molar-refractivity contribution >= 4 is 22.9 Å². The molecule has 1 aliphatic carbocycles. The number of amides is 1. The first-order valence-corrected chi connectivity index (χ1v) is 7.85.